The van der Waals surface area contributed by atoms with Crippen LogP contribution in [-0.4, -0.2) is 63.9 Å². The molecule has 36 heavy (non-hydrogen) atoms. The van der Waals surface area contributed by atoms with Crippen molar-refractivity contribution in [3.8, 4) is 0 Å². The van der Waals surface area contributed by atoms with E-state index in [0.29, 0.717) is 31.5 Å². The summed E-state index contributed by atoms with van der Waals surface area (Å²) in [6.07, 6.45) is -1.66. The van der Waals surface area contributed by atoms with E-state index in [1.807, 2.05) is 35.2 Å². The van der Waals surface area contributed by atoms with Crippen LogP contribution in [-0.2, 0) is 21.0 Å². The van der Waals surface area contributed by atoms with Crippen molar-refractivity contribution in [1.82, 2.24) is 4.90 Å². The minimum absolute atomic E-state index is 0.0441. The summed E-state index contributed by atoms with van der Waals surface area (Å²) in [5.74, 6) is -0.966. The van der Waals surface area contributed by atoms with E-state index in [1.165, 1.54) is 12.1 Å². The standard InChI is InChI=1S/C25H37FN2O6SSi/c1-5-36(6-2,7-3)34-24(19-27(15-16-29)18-20-11-9-8-10-12-20)21-13-14-22(26)23(17-21)28(25(30)31)35(4,32)33/h8-14,17,24,29H,5-7,15-16,18-19H2,1-4H3,(H,30,31). The molecule has 2 aromatic rings. The summed E-state index contributed by atoms with van der Waals surface area (Å²) in [6.45, 7) is 7.42. The highest BCUT2D eigenvalue weighted by atomic mass is 32.2. The van der Waals surface area contributed by atoms with E-state index < -0.39 is 42.0 Å². The lowest BCUT2D eigenvalue weighted by atomic mass is 10.1. The Morgan fingerprint density at radius 1 is 1.08 bits per heavy atom. The molecule has 0 aliphatic heterocycles. The number of aliphatic hydroxyl groups excluding tert-OH is 1. The summed E-state index contributed by atoms with van der Waals surface area (Å²) in [7, 11) is -6.48. The largest absolute Gasteiger partial charge is 0.464 e. The average Bonchev–Trinajstić information content (AvgIpc) is 2.83. The van der Waals surface area contributed by atoms with Crippen LogP contribution >= 0.6 is 0 Å². The van der Waals surface area contributed by atoms with E-state index in [-0.39, 0.29) is 10.9 Å². The third-order valence-corrected chi connectivity index (χ3v) is 12.1. The van der Waals surface area contributed by atoms with Gasteiger partial charge >= 0.3 is 6.09 Å². The molecule has 1 unspecified atom stereocenters. The number of carboxylic acid groups (broad SMARTS) is 1. The van der Waals surface area contributed by atoms with Crippen molar-refractivity contribution in [2.24, 2.45) is 0 Å². The van der Waals surface area contributed by atoms with Gasteiger partial charge in [0.1, 0.15) is 5.82 Å². The first-order valence-corrected chi connectivity index (χ1v) is 16.5. The quantitative estimate of drug-likeness (QED) is 0.331. The number of amides is 1. The number of halogens is 1. The third kappa shape index (κ3) is 7.84. The number of sulfonamides is 1. The minimum Gasteiger partial charge on any atom is -0.464 e. The number of carbonyl (C=O) groups is 1. The fraction of sp³-hybridized carbons (Fsp3) is 0.480. The summed E-state index contributed by atoms with van der Waals surface area (Å²) in [4.78, 5) is 13.8. The molecule has 0 heterocycles. The molecule has 0 fully saturated rings. The van der Waals surface area contributed by atoms with Crippen molar-refractivity contribution >= 4 is 30.1 Å². The Bertz CT molecular complexity index is 1090. The maximum absolute atomic E-state index is 14.7. The fourth-order valence-corrected chi connectivity index (χ4v) is 7.87. The van der Waals surface area contributed by atoms with Crippen molar-refractivity contribution in [3.63, 3.8) is 0 Å². The molecule has 2 rings (SSSR count). The SMILES string of the molecule is CC[Si](CC)(CC)OC(CN(CCO)Cc1ccccc1)c1ccc(F)c(N(C(=O)O)S(C)(=O)=O)c1. The Morgan fingerprint density at radius 2 is 1.69 bits per heavy atom. The van der Waals surface area contributed by atoms with Gasteiger partial charge in [0, 0.05) is 19.6 Å². The molecule has 0 aliphatic rings. The van der Waals surface area contributed by atoms with Gasteiger partial charge in [-0.2, -0.15) is 4.31 Å². The smallest absolute Gasteiger partial charge is 0.425 e. The second-order valence-corrected chi connectivity index (χ2v) is 15.4. The first-order valence-electron chi connectivity index (χ1n) is 12.1. The van der Waals surface area contributed by atoms with Crippen molar-refractivity contribution in [2.75, 3.05) is 30.3 Å². The highest BCUT2D eigenvalue weighted by Gasteiger charge is 2.35. The topological polar surface area (TPSA) is 107 Å². The van der Waals surface area contributed by atoms with Gasteiger partial charge in [0.2, 0.25) is 10.0 Å². The molecule has 200 valence electrons. The summed E-state index contributed by atoms with van der Waals surface area (Å²) in [5.41, 5.74) is 0.956. The Morgan fingerprint density at radius 3 is 2.19 bits per heavy atom. The molecule has 0 saturated heterocycles. The van der Waals surface area contributed by atoms with Crippen molar-refractivity contribution < 1.29 is 32.2 Å². The number of benzene rings is 2. The van der Waals surface area contributed by atoms with Crippen molar-refractivity contribution in [1.29, 1.82) is 0 Å². The lowest BCUT2D eigenvalue weighted by molar-refractivity contribution is 0.104. The molecule has 2 aromatic carbocycles. The van der Waals surface area contributed by atoms with Crippen LogP contribution < -0.4 is 4.31 Å². The van der Waals surface area contributed by atoms with Crippen LogP contribution in [0.5, 0.6) is 0 Å². The van der Waals surface area contributed by atoms with Crippen LogP contribution in [0.2, 0.25) is 18.1 Å². The lowest BCUT2D eigenvalue weighted by Crippen LogP contribution is -2.41. The molecule has 0 spiro atoms. The molecule has 0 aromatic heterocycles. The maximum Gasteiger partial charge on any atom is 0.425 e. The Hall–Kier alpha value is -2.31. The highest BCUT2D eigenvalue weighted by Crippen LogP contribution is 2.34. The Labute approximate surface area is 214 Å². The molecule has 1 atom stereocenters. The van der Waals surface area contributed by atoms with E-state index in [2.05, 4.69) is 20.8 Å². The number of hydrogen-bond acceptors (Lipinski definition) is 6. The number of nitrogens with zero attached hydrogens (tertiary/aromatic N) is 2. The van der Waals surface area contributed by atoms with Crippen LogP contribution in [0.15, 0.2) is 48.5 Å². The molecule has 0 aliphatic carbocycles. The van der Waals surface area contributed by atoms with Gasteiger partial charge in [0.05, 0.1) is 24.7 Å². The molecule has 0 bridgehead atoms. The van der Waals surface area contributed by atoms with E-state index in [4.69, 9.17) is 4.43 Å². The van der Waals surface area contributed by atoms with Gasteiger partial charge in [-0.05, 0) is 41.4 Å². The van der Waals surface area contributed by atoms with Crippen LogP contribution in [0, 0.1) is 5.82 Å². The van der Waals surface area contributed by atoms with Crippen molar-refractivity contribution in [2.45, 2.75) is 51.6 Å². The number of aliphatic hydroxyl groups is 1. The molecular formula is C25H37FN2O6SSi. The zero-order chi connectivity index (χ0) is 26.9. The molecule has 0 saturated carbocycles. The monoisotopic (exact) mass is 540 g/mol. The van der Waals surface area contributed by atoms with Crippen molar-refractivity contribution in [3.05, 3.63) is 65.5 Å². The summed E-state index contributed by atoms with van der Waals surface area (Å²) in [6, 6.07) is 16.1. The van der Waals surface area contributed by atoms with E-state index in [1.54, 1.807) is 0 Å². The van der Waals surface area contributed by atoms with Gasteiger partial charge in [0.25, 0.3) is 0 Å². The van der Waals surface area contributed by atoms with Crippen LogP contribution in [0.25, 0.3) is 0 Å². The van der Waals surface area contributed by atoms with Gasteiger partial charge < -0.3 is 14.6 Å². The molecule has 11 heteroatoms. The van der Waals surface area contributed by atoms with Gasteiger partial charge in [-0.1, -0.05) is 57.2 Å². The molecule has 1 amide bonds. The normalized spacial score (nSPS) is 13.1. The Kier molecular flexibility index (Phi) is 11.0. The van der Waals surface area contributed by atoms with Crippen LogP contribution in [0.4, 0.5) is 14.9 Å². The predicted octanol–water partition coefficient (Wildman–Crippen LogP) is 4.83. The molecule has 2 N–H and O–H groups in total. The van der Waals surface area contributed by atoms with E-state index in [0.717, 1.165) is 29.8 Å². The summed E-state index contributed by atoms with van der Waals surface area (Å²) < 4.78 is 45.9. The first kappa shape index (κ1) is 29.9. The fourth-order valence-electron chi connectivity index (χ4n) is 4.27. The zero-order valence-corrected chi connectivity index (χ0v) is 23.2. The van der Waals surface area contributed by atoms with Gasteiger partial charge in [-0.25, -0.2) is 17.6 Å². The van der Waals surface area contributed by atoms with Crippen LogP contribution in [0.3, 0.4) is 0 Å². The predicted molar refractivity (Wildman–Crippen MR) is 142 cm³/mol. The van der Waals surface area contributed by atoms with Crippen LogP contribution in [0.1, 0.15) is 38.0 Å². The van der Waals surface area contributed by atoms with Gasteiger partial charge in [-0.3, -0.25) is 4.90 Å². The molecule has 8 nitrogen and oxygen atoms in total. The lowest BCUT2D eigenvalue weighted by Gasteiger charge is -2.36. The summed E-state index contributed by atoms with van der Waals surface area (Å²) >= 11 is 0. The first-order chi connectivity index (χ1) is 17.0. The molecule has 0 radical (unpaired) electrons. The number of anilines is 1. The second kappa shape index (κ2) is 13.3. The maximum atomic E-state index is 14.7. The zero-order valence-electron chi connectivity index (χ0n) is 21.4. The second-order valence-electron chi connectivity index (χ2n) is 8.82. The number of hydrogen-bond donors (Lipinski definition) is 2. The summed E-state index contributed by atoms with van der Waals surface area (Å²) in [5, 5.41) is 19.2. The molecular weight excluding hydrogens is 503 g/mol. The average molecular weight is 541 g/mol. The van der Waals surface area contributed by atoms with E-state index >= 15 is 0 Å². The number of rotatable bonds is 14. The highest BCUT2D eigenvalue weighted by molar-refractivity contribution is 7.92. The van der Waals surface area contributed by atoms with Gasteiger partial charge in [0.15, 0.2) is 8.32 Å². The van der Waals surface area contributed by atoms with E-state index in [9.17, 15) is 27.8 Å². The third-order valence-electron chi connectivity index (χ3n) is 6.48. The van der Waals surface area contributed by atoms with Gasteiger partial charge in [-0.15, -0.1) is 0 Å². The minimum atomic E-state index is -4.29. The Balaban J connectivity index is 2.56.